The number of carbonyl (C=O) groups is 1. The highest BCUT2D eigenvalue weighted by Gasteiger charge is 2.21. The number of anilines is 1. The van der Waals surface area contributed by atoms with Gasteiger partial charge in [-0.1, -0.05) is 18.9 Å². The zero-order chi connectivity index (χ0) is 13.0. The van der Waals surface area contributed by atoms with Gasteiger partial charge in [0.1, 0.15) is 5.82 Å². The minimum Gasteiger partial charge on any atom is -0.363 e. The van der Waals surface area contributed by atoms with E-state index in [1.165, 1.54) is 12.8 Å². The minimum absolute atomic E-state index is 0.198. The third-order valence-corrected chi connectivity index (χ3v) is 3.46. The minimum atomic E-state index is 0.198. The Hall–Kier alpha value is -1.58. The van der Waals surface area contributed by atoms with Gasteiger partial charge in [-0.2, -0.15) is 0 Å². The molecule has 1 aromatic heterocycles. The molecular weight excluding hydrogens is 226 g/mol. The lowest BCUT2D eigenvalue weighted by molar-refractivity contribution is -0.124. The van der Waals surface area contributed by atoms with Gasteiger partial charge in [0.2, 0.25) is 5.91 Å². The number of hydrogen-bond donors (Lipinski definition) is 1. The fraction of sp³-hybridized carbons (Fsp3) is 0.571. The SMILES string of the molecule is CN(C)c1ccc(CNC(=O)C2CCCC2)cn1. The Morgan fingerprint density at radius 3 is 2.67 bits per heavy atom. The third-order valence-electron chi connectivity index (χ3n) is 3.46. The molecule has 4 heteroatoms. The van der Waals surface area contributed by atoms with Crippen molar-refractivity contribution in [3.8, 4) is 0 Å². The van der Waals surface area contributed by atoms with Gasteiger partial charge in [-0.05, 0) is 24.5 Å². The first-order valence-electron chi connectivity index (χ1n) is 6.57. The monoisotopic (exact) mass is 247 g/mol. The van der Waals surface area contributed by atoms with E-state index in [-0.39, 0.29) is 11.8 Å². The molecule has 0 saturated heterocycles. The maximum absolute atomic E-state index is 11.9. The predicted molar refractivity (Wildman–Crippen MR) is 72.4 cm³/mol. The smallest absolute Gasteiger partial charge is 0.223 e. The van der Waals surface area contributed by atoms with E-state index in [9.17, 15) is 4.79 Å². The summed E-state index contributed by atoms with van der Waals surface area (Å²) in [6.45, 7) is 0.579. The van der Waals surface area contributed by atoms with Gasteiger partial charge in [0, 0.05) is 32.8 Å². The van der Waals surface area contributed by atoms with Crippen molar-refractivity contribution in [3.63, 3.8) is 0 Å². The molecule has 1 amide bonds. The van der Waals surface area contributed by atoms with E-state index in [1.54, 1.807) is 0 Å². The average molecular weight is 247 g/mol. The summed E-state index contributed by atoms with van der Waals surface area (Å²) in [5, 5.41) is 3.00. The van der Waals surface area contributed by atoms with Crippen molar-refractivity contribution in [2.24, 2.45) is 5.92 Å². The second kappa shape index (κ2) is 5.85. The molecule has 4 nitrogen and oxygen atoms in total. The number of amides is 1. The summed E-state index contributed by atoms with van der Waals surface area (Å²) in [6.07, 6.45) is 6.30. The van der Waals surface area contributed by atoms with Crippen molar-refractivity contribution in [2.45, 2.75) is 32.2 Å². The maximum atomic E-state index is 11.9. The van der Waals surface area contributed by atoms with Crippen LogP contribution in [0.4, 0.5) is 5.82 Å². The van der Waals surface area contributed by atoms with Gasteiger partial charge in [0.05, 0.1) is 0 Å². The molecule has 0 unspecified atom stereocenters. The Balaban J connectivity index is 1.84. The molecule has 1 N–H and O–H groups in total. The number of aromatic nitrogens is 1. The zero-order valence-electron chi connectivity index (χ0n) is 11.1. The Kier molecular flexibility index (Phi) is 4.18. The van der Waals surface area contributed by atoms with Gasteiger partial charge in [-0.3, -0.25) is 4.79 Å². The molecule has 98 valence electrons. The lowest BCUT2D eigenvalue weighted by atomic mass is 10.1. The van der Waals surface area contributed by atoms with E-state index in [4.69, 9.17) is 0 Å². The van der Waals surface area contributed by atoms with E-state index in [1.807, 2.05) is 37.3 Å². The molecule has 1 aliphatic rings. The van der Waals surface area contributed by atoms with Crippen molar-refractivity contribution in [2.75, 3.05) is 19.0 Å². The van der Waals surface area contributed by atoms with Crippen molar-refractivity contribution < 1.29 is 4.79 Å². The second-order valence-electron chi connectivity index (χ2n) is 5.12. The van der Waals surface area contributed by atoms with E-state index in [0.717, 1.165) is 24.2 Å². The number of pyridine rings is 1. The first-order chi connectivity index (χ1) is 8.66. The van der Waals surface area contributed by atoms with Crippen molar-refractivity contribution in [1.82, 2.24) is 10.3 Å². The molecule has 1 fully saturated rings. The Labute approximate surface area is 108 Å². The first-order valence-corrected chi connectivity index (χ1v) is 6.57. The van der Waals surface area contributed by atoms with Crippen molar-refractivity contribution in [1.29, 1.82) is 0 Å². The van der Waals surface area contributed by atoms with E-state index in [2.05, 4.69) is 10.3 Å². The molecule has 0 radical (unpaired) electrons. The van der Waals surface area contributed by atoms with Crippen LogP contribution < -0.4 is 10.2 Å². The highest BCUT2D eigenvalue weighted by atomic mass is 16.1. The fourth-order valence-corrected chi connectivity index (χ4v) is 2.31. The molecule has 2 rings (SSSR count). The van der Waals surface area contributed by atoms with E-state index >= 15 is 0 Å². The molecule has 1 heterocycles. The Morgan fingerprint density at radius 2 is 2.11 bits per heavy atom. The fourth-order valence-electron chi connectivity index (χ4n) is 2.31. The largest absolute Gasteiger partial charge is 0.363 e. The molecular formula is C14H21N3O. The quantitative estimate of drug-likeness (QED) is 0.884. The van der Waals surface area contributed by atoms with Crippen molar-refractivity contribution in [3.05, 3.63) is 23.9 Å². The topological polar surface area (TPSA) is 45.2 Å². The molecule has 0 aromatic carbocycles. The summed E-state index contributed by atoms with van der Waals surface area (Å²) < 4.78 is 0. The lowest BCUT2D eigenvalue weighted by Crippen LogP contribution is -2.28. The molecule has 1 saturated carbocycles. The molecule has 0 aliphatic heterocycles. The predicted octanol–water partition coefficient (Wildman–Crippen LogP) is 1.95. The summed E-state index contributed by atoms with van der Waals surface area (Å²) in [4.78, 5) is 18.1. The third kappa shape index (κ3) is 3.22. The van der Waals surface area contributed by atoms with Crippen LogP contribution in [0.25, 0.3) is 0 Å². The molecule has 0 atom stereocenters. The summed E-state index contributed by atoms with van der Waals surface area (Å²) in [5.41, 5.74) is 1.05. The lowest BCUT2D eigenvalue weighted by Gasteiger charge is -2.12. The van der Waals surface area contributed by atoms with Crippen LogP contribution in [0.15, 0.2) is 18.3 Å². The zero-order valence-corrected chi connectivity index (χ0v) is 11.1. The van der Waals surface area contributed by atoms with Crippen LogP contribution in [0.3, 0.4) is 0 Å². The number of carbonyl (C=O) groups excluding carboxylic acids is 1. The average Bonchev–Trinajstić information content (AvgIpc) is 2.90. The van der Waals surface area contributed by atoms with E-state index in [0.29, 0.717) is 6.54 Å². The van der Waals surface area contributed by atoms with Crippen LogP contribution in [0.5, 0.6) is 0 Å². The van der Waals surface area contributed by atoms with Crippen LogP contribution >= 0.6 is 0 Å². The normalized spacial score (nSPS) is 15.7. The van der Waals surface area contributed by atoms with Crippen LogP contribution in [-0.2, 0) is 11.3 Å². The molecule has 0 bridgehead atoms. The molecule has 1 aliphatic carbocycles. The van der Waals surface area contributed by atoms with Gasteiger partial charge in [-0.25, -0.2) is 4.98 Å². The van der Waals surface area contributed by atoms with Gasteiger partial charge in [0.25, 0.3) is 0 Å². The number of nitrogens with one attached hydrogen (secondary N) is 1. The number of rotatable bonds is 4. The number of hydrogen-bond acceptors (Lipinski definition) is 3. The molecule has 18 heavy (non-hydrogen) atoms. The molecule has 1 aromatic rings. The Bertz CT molecular complexity index is 394. The Morgan fingerprint density at radius 1 is 1.39 bits per heavy atom. The summed E-state index contributed by atoms with van der Waals surface area (Å²) in [6, 6.07) is 3.98. The van der Waals surface area contributed by atoms with Gasteiger partial charge >= 0.3 is 0 Å². The summed E-state index contributed by atoms with van der Waals surface area (Å²) >= 11 is 0. The number of nitrogens with zero attached hydrogens (tertiary/aromatic N) is 2. The first kappa shape index (κ1) is 12.9. The van der Waals surface area contributed by atoms with Gasteiger partial charge in [0.15, 0.2) is 0 Å². The van der Waals surface area contributed by atoms with Gasteiger partial charge in [-0.15, -0.1) is 0 Å². The second-order valence-corrected chi connectivity index (χ2v) is 5.12. The standard InChI is InChI=1S/C14H21N3O/c1-17(2)13-8-7-11(9-15-13)10-16-14(18)12-5-3-4-6-12/h7-9,12H,3-6,10H2,1-2H3,(H,16,18). The van der Waals surface area contributed by atoms with Crippen molar-refractivity contribution >= 4 is 11.7 Å². The highest BCUT2D eigenvalue weighted by molar-refractivity contribution is 5.78. The van der Waals surface area contributed by atoms with Gasteiger partial charge < -0.3 is 10.2 Å². The van der Waals surface area contributed by atoms with E-state index < -0.39 is 0 Å². The highest BCUT2D eigenvalue weighted by Crippen LogP contribution is 2.24. The van der Waals surface area contributed by atoms with Crippen LogP contribution in [0.2, 0.25) is 0 Å². The van der Waals surface area contributed by atoms with Crippen LogP contribution in [0.1, 0.15) is 31.2 Å². The molecule has 0 spiro atoms. The summed E-state index contributed by atoms with van der Waals surface area (Å²) in [7, 11) is 3.92. The maximum Gasteiger partial charge on any atom is 0.223 e. The van der Waals surface area contributed by atoms with Crippen LogP contribution in [0, 0.1) is 5.92 Å². The van der Waals surface area contributed by atoms with Crippen LogP contribution in [-0.4, -0.2) is 25.0 Å². The summed E-state index contributed by atoms with van der Waals surface area (Å²) in [5.74, 6) is 1.36.